The molecule has 2 nitrogen and oxygen atoms in total. The molecule has 2 heterocycles. The first-order valence-electron chi connectivity index (χ1n) is 6.99. The molecule has 100 valence electrons. The number of aliphatic hydroxyl groups is 1. The highest BCUT2D eigenvalue weighted by Crippen LogP contribution is 2.47. The van der Waals surface area contributed by atoms with E-state index in [0.717, 1.165) is 25.0 Å². The first-order valence-corrected chi connectivity index (χ1v) is 7.80. The van der Waals surface area contributed by atoms with Gasteiger partial charge in [0.15, 0.2) is 0 Å². The van der Waals surface area contributed by atoms with Crippen LogP contribution in [0.5, 0.6) is 0 Å². The minimum Gasteiger partial charge on any atom is -0.388 e. The molecule has 1 saturated carbocycles. The first kappa shape index (κ1) is 12.6. The Morgan fingerprint density at radius 2 is 2.22 bits per heavy atom. The van der Waals surface area contributed by atoms with E-state index in [1.807, 2.05) is 0 Å². The summed E-state index contributed by atoms with van der Waals surface area (Å²) in [6, 6.07) is 2.16. The molecule has 0 aromatic carbocycles. The van der Waals surface area contributed by atoms with Crippen LogP contribution in [0, 0.1) is 19.8 Å². The van der Waals surface area contributed by atoms with Gasteiger partial charge in [-0.2, -0.15) is 0 Å². The van der Waals surface area contributed by atoms with Crippen molar-refractivity contribution in [3.05, 3.63) is 21.4 Å². The second kappa shape index (κ2) is 4.62. The molecule has 2 aliphatic rings. The molecule has 2 unspecified atom stereocenters. The SMILES string of the molecule is Cc1cc(C(O)C2CCOC3(CCC3)C2)c(C)s1. The Kier molecular flexibility index (Phi) is 3.25. The van der Waals surface area contributed by atoms with Crippen LogP contribution in [0.25, 0.3) is 0 Å². The van der Waals surface area contributed by atoms with Gasteiger partial charge in [0, 0.05) is 16.4 Å². The summed E-state index contributed by atoms with van der Waals surface area (Å²) < 4.78 is 5.94. The summed E-state index contributed by atoms with van der Waals surface area (Å²) in [4.78, 5) is 2.57. The van der Waals surface area contributed by atoms with Crippen molar-refractivity contribution in [2.24, 2.45) is 5.92 Å². The van der Waals surface area contributed by atoms with Crippen molar-refractivity contribution in [3.8, 4) is 0 Å². The summed E-state index contributed by atoms with van der Waals surface area (Å²) in [6.45, 7) is 5.06. The van der Waals surface area contributed by atoms with Gasteiger partial charge in [0.2, 0.25) is 0 Å². The van der Waals surface area contributed by atoms with Gasteiger partial charge in [-0.3, -0.25) is 0 Å². The summed E-state index contributed by atoms with van der Waals surface area (Å²) in [6.07, 6.45) is 5.42. The van der Waals surface area contributed by atoms with Gasteiger partial charge in [-0.25, -0.2) is 0 Å². The maximum Gasteiger partial charge on any atom is 0.0830 e. The van der Waals surface area contributed by atoms with Crippen molar-refractivity contribution in [1.29, 1.82) is 0 Å². The van der Waals surface area contributed by atoms with Crippen molar-refractivity contribution < 1.29 is 9.84 Å². The monoisotopic (exact) mass is 266 g/mol. The van der Waals surface area contributed by atoms with Crippen LogP contribution in [-0.2, 0) is 4.74 Å². The zero-order valence-electron chi connectivity index (χ0n) is 11.2. The zero-order valence-corrected chi connectivity index (χ0v) is 12.1. The molecule has 0 radical (unpaired) electrons. The summed E-state index contributed by atoms with van der Waals surface area (Å²) in [5, 5.41) is 10.6. The summed E-state index contributed by atoms with van der Waals surface area (Å²) in [7, 11) is 0. The molecule has 0 bridgehead atoms. The predicted octanol–water partition coefficient (Wildman–Crippen LogP) is 3.75. The lowest BCUT2D eigenvalue weighted by atomic mass is 9.70. The van der Waals surface area contributed by atoms with Gasteiger partial charge in [0.1, 0.15) is 0 Å². The largest absolute Gasteiger partial charge is 0.388 e. The standard InChI is InChI=1S/C15H22O2S/c1-10-8-13(11(2)18-10)14(16)12-4-7-17-15(9-12)5-3-6-15/h8,12,14,16H,3-7,9H2,1-2H3. The van der Waals surface area contributed by atoms with Crippen LogP contribution in [0.3, 0.4) is 0 Å². The van der Waals surface area contributed by atoms with Crippen molar-refractivity contribution >= 4 is 11.3 Å². The Labute approximate surface area is 113 Å². The summed E-state index contributed by atoms with van der Waals surface area (Å²) in [5.41, 5.74) is 1.28. The normalized spacial score (nSPS) is 28.1. The Morgan fingerprint density at radius 1 is 1.44 bits per heavy atom. The highest BCUT2D eigenvalue weighted by atomic mass is 32.1. The zero-order chi connectivity index (χ0) is 12.8. The van der Waals surface area contributed by atoms with Crippen LogP contribution in [-0.4, -0.2) is 17.3 Å². The lowest BCUT2D eigenvalue weighted by Crippen LogP contribution is -2.46. The molecule has 2 atom stereocenters. The van der Waals surface area contributed by atoms with E-state index < -0.39 is 0 Å². The van der Waals surface area contributed by atoms with Crippen molar-refractivity contribution in [1.82, 2.24) is 0 Å². The number of aryl methyl sites for hydroxylation is 2. The third-order valence-electron chi connectivity index (χ3n) is 4.64. The maximum atomic E-state index is 10.6. The molecule has 1 aromatic rings. The van der Waals surface area contributed by atoms with E-state index in [9.17, 15) is 5.11 Å². The molecule has 3 heteroatoms. The van der Waals surface area contributed by atoms with Crippen molar-refractivity contribution in [3.63, 3.8) is 0 Å². The number of aliphatic hydroxyl groups excluding tert-OH is 1. The Bertz CT molecular complexity index is 434. The summed E-state index contributed by atoms with van der Waals surface area (Å²) in [5.74, 6) is 0.381. The maximum absolute atomic E-state index is 10.6. The van der Waals surface area contributed by atoms with Gasteiger partial charge in [-0.05, 0) is 63.5 Å². The number of thiophene rings is 1. The third kappa shape index (κ3) is 2.13. The van der Waals surface area contributed by atoms with Gasteiger partial charge in [0.25, 0.3) is 0 Å². The molecular weight excluding hydrogens is 244 g/mol. The molecule has 1 aliphatic carbocycles. The highest BCUT2D eigenvalue weighted by molar-refractivity contribution is 7.12. The van der Waals surface area contributed by atoms with E-state index in [1.165, 1.54) is 29.0 Å². The number of rotatable bonds is 2. The third-order valence-corrected chi connectivity index (χ3v) is 5.62. The fourth-order valence-corrected chi connectivity index (χ4v) is 4.42. The molecule has 1 spiro atoms. The van der Waals surface area contributed by atoms with Crippen molar-refractivity contribution in [2.45, 2.75) is 57.7 Å². The second-order valence-corrected chi connectivity index (χ2v) is 7.41. The lowest BCUT2D eigenvalue weighted by Gasteiger charge is -2.48. The second-order valence-electron chi connectivity index (χ2n) is 5.95. The number of hydrogen-bond donors (Lipinski definition) is 1. The fraction of sp³-hybridized carbons (Fsp3) is 0.733. The quantitative estimate of drug-likeness (QED) is 0.883. The van der Waals surface area contributed by atoms with E-state index in [2.05, 4.69) is 19.9 Å². The molecule has 1 N–H and O–H groups in total. The average molecular weight is 266 g/mol. The topological polar surface area (TPSA) is 29.5 Å². The minimum atomic E-state index is -0.295. The van der Waals surface area contributed by atoms with E-state index in [0.29, 0.717) is 5.92 Å². The Hall–Kier alpha value is -0.380. The van der Waals surface area contributed by atoms with E-state index in [4.69, 9.17) is 4.74 Å². The van der Waals surface area contributed by atoms with Gasteiger partial charge in [0.05, 0.1) is 11.7 Å². The summed E-state index contributed by atoms with van der Waals surface area (Å²) >= 11 is 1.79. The smallest absolute Gasteiger partial charge is 0.0830 e. The molecule has 18 heavy (non-hydrogen) atoms. The average Bonchev–Trinajstić information content (AvgIpc) is 2.66. The lowest BCUT2D eigenvalue weighted by molar-refractivity contribution is -0.157. The molecule has 3 rings (SSSR count). The Balaban J connectivity index is 1.75. The molecule has 2 fully saturated rings. The van der Waals surface area contributed by atoms with Crippen LogP contribution in [0.2, 0.25) is 0 Å². The van der Waals surface area contributed by atoms with Crippen LogP contribution in [0.4, 0.5) is 0 Å². The van der Waals surface area contributed by atoms with Gasteiger partial charge in [-0.1, -0.05) is 0 Å². The number of ether oxygens (including phenoxy) is 1. The fourth-order valence-electron chi connectivity index (χ4n) is 3.45. The van der Waals surface area contributed by atoms with E-state index in [1.54, 1.807) is 11.3 Å². The Morgan fingerprint density at radius 3 is 2.78 bits per heavy atom. The molecule has 1 saturated heterocycles. The molecular formula is C15H22O2S. The first-order chi connectivity index (χ1) is 8.60. The molecule has 1 aromatic heterocycles. The van der Waals surface area contributed by atoms with Crippen LogP contribution >= 0.6 is 11.3 Å². The number of hydrogen-bond acceptors (Lipinski definition) is 3. The van der Waals surface area contributed by atoms with Crippen LogP contribution in [0.15, 0.2) is 6.07 Å². The van der Waals surface area contributed by atoms with Gasteiger partial charge in [-0.15, -0.1) is 11.3 Å². The van der Waals surface area contributed by atoms with Gasteiger partial charge < -0.3 is 9.84 Å². The highest BCUT2D eigenvalue weighted by Gasteiger charge is 2.44. The van der Waals surface area contributed by atoms with Gasteiger partial charge >= 0.3 is 0 Å². The molecule has 0 amide bonds. The van der Waals surface area contributed by atoms with Crippen LogP contribution in [0.1, 0.15) is 53.5 Å². The minimum absolute atomic E-state index is 0.128. The molecule has 1 aliphatic heterocycles. The van der Waals surface area contributed by atoms with E-state index >= 15 is 0 Å². The van der Waals surface area contributed by atoms with Crippen LogP contribution < -0.4 is 0 Å². The van der Waals surface area contributed by atoms with Crippen molar-refractivity contribution in [2.75, 3.05) is 6.61 Å². The van der Waals surface area contributed by atoms with E-state index in [-0.39, 0.29) is 11.7 Å². The predicted molar refractivity (Wildman–Crippen MR) is 74.0 cm³/mol.